The average Bonchev–Trinajstić information content (AvgIpc) is 2.96. The fraction of sp³-hybridized carbons (Fsp3) is 0.433. The van der Waals surface area contributed by atoms with E-state index in [1.54, 1.807) is 44.2 Å². The SMILES string of the molecule is CC(C)(O)CCC(CC(OC(=O)OCC(O)CO)C(Cc1cccc(F)c1)NC(=O)c1cnc2ccccc2n1)C(N)=O. The maximum absolute atomic E-state index is 14.1. The first-order valence-corrected chi connectivity index (χ1v) is 13.8. The number of carbonyl (C=O) groups is 3. The van der Waals surface area contributed by atoms with E-state index in [1.807, 2.05) is 0 Å². The molecule has 1 heterocycles. The van der Waals surface area contributed by atoms with Crippen LogP contribution in [0.2, 0.25) is 0 Å². The third kappa shape index (κ3) is 10.9. The van der Waals surface area contributed by atoms with Crippen molar-refractivity contribution in [2.45, 2.75) is 63.4 Å². The first-order valence-electron chi connectivity index (χ1n) is 13.8. The maximum Gasteiger partial charge on any atom is 0.508 e. The van der Waals surface area contributed by atoms with E-state index in [4.69, 9.17) is 20.3 Å². The standard InChI is InChI=1S/C30H37FN4O8/c1-30(2,41)11-10-19(27(32)38)14-26(43-29(40)42-17-21(37)16-36)24(13-18-6-5-7-20(31)12-18)35-28(39)25-15-33-22-8-3-4-9-23(22)34-25/h3-9,12,15,19,21,24,26,36-37,41H,10-11,13-14,16-17H2,1-2H3,(H2,32,38)(H,35,39). The number of primary amides is 1. The summed E-state index contributed by atoms with van der Waals surface area (Å²) in [5, 5.41) is 31.6. The number of nitrogens with two attached hydrogens (primary N) is 1. The number of aliphatic hydroxyl groups excluding tert-OH is 2. The quantitative estimate of drug-likeness (QED) is 0.161. The fourth-order valence-electron chi connectivity index (χ4n) is 4.36. The normalized spacial score (nSPS) is 14.4. The Bertz CT molecular complexity index is 1400. The number of halogens is 1. The maximum atomic E-state index is 14.1. The molecule has 3 aromatic rings. The molecule has 12 nitrogen and oxygen atoms in total. The van der Waals surface area contributed by atoms with Gasteiger partial charge < -0.3 is 35.8 Å². The second-order valence-corrected chi connectivity index (χ2v) is 10.9. The van der Waals surface area contributed by atoms with Crippen LogP contribution in [0.15, 0.2) is 54.7 Å². The average molecular weight is 601 g/mol. The van der Waals surface area contributed by atoms with E-state index < -0.39 is 66.8 Å². The molecular formula is C30H37FN4O8. The van der Waals surface area contributed by atoms with Crippen LogP contribution in [0.5, 0.6) is 0 Å². The molecule has 0 spiro atoms. The van der Waals surface area contributed by atoms with Crippen LogP contribution in [0, 0.1) is 11.7 Å². The molecule has 43 heavy (non-hydrogen) atoms. The highest BCUT2D eigenvalue weighted by Crippen LogP contribution is 2.24. The topological polar surface area (TPSA) is 194 Å². The highest BCUT2D eigenvalue weighted by Gasteiger charge is 2.34. The van der Waals surface area contributed by atoms with Gasteiger partial charge in [-0.15, -0.1) is 0 Å². The summed E-state index contributed by atoms with van der Waals surface area (Å²) in [6.45, 7) is 1.90. The molecule has 0 fully saturated rings. The van der Waals surface area contributed by atoms with Gasteiger partial charge in [-0.3, -0.25) is 14.6 Å². The van der Waals surface area contributed by atoms with Crippen molar-refractivity contribution in [3.05, 3.63) is 71.8 Å². The molecule has 4 atom stereocenters. The molecule has 0 saturated heterocycles. The Kier molecular flexibility index (Phi) is 11.9. The minimum absolute atomic E-state index is 0.0381. The zero-order valence-electron chi connectivity index (χ0n) is 24.0. The number of ether oxygens (including phenoxy) is 2. The first-order chi connectivity index (χ1) is 20.3. The number of hydrogen-bond acceptors (Lipinski definition) is 10. The highest BCUT2D eigenvalue weighted by atomic mass is 19.1. The molecule has 6 N–H and O–H groups in total. The van der Waals surface area contributed by atoms with Gasteiger partial charge in [-0.25, -0.2) is 14.2 Å². The van der Waals surface area contributed by atoms with Gasteiger partial charge in [-0.2, -0.15) is 0 Å². The van der Waals surface area contributed by atoms with Crippen molar-refractivity contribution < 1.29 is 43.6 Å². The lowest BCUT2D eigenvalue weighted by Gasteiger charge is -2.30. The molecular weight excluding hydrogens is 563 g/mol. The number of para-hydroxylation sites is 2. The summed E-state index contributed by atoms with van der Waals surface area (Å²) in [4.78, 5) is 47.1. The summed E-state index contributed by atoms with van der Waals surface area (Å²) in [5.74, 6) is -2.83. The minimum Gasteiger partial charge on any atom is -0.431 e. The summed E-state index contributed by atoms with van der Waals surface area (Å²) in [6, 6.07) is 11.5. The number of benzene rings is 2. The van der Waals surface area contributed by atoms with Crippen LogP contribution in [0.3, 0.4) is 0 Å². The Balaban J connectivity index is 1.96. The number of nitrogens with zero attached hydrogens (tertiary/aromatic N) is 2. The minimum atomic E-state index is -1.36. The molecule has 1 aromatic heterocycles. The summed E-state index contributed by atoms with van der Waals surface area (Å²) in [5.41, 5.74) is 6.00. The van der Waals surface area contributed by atoms with Gasteiger partial charge in [0, 0.05) is 5.92 Å². The fourth-order valence-corrected chi connectivity index (χ4v) is 4.36. The summed E-state index contributed by atoms with van der Waals surface area (Å²) >= 11 is 0. The van der Waals surface area contributed by atoms with Crippen LogP contribution in [0.1, 0.15) is 49.2 Å². The number of hydrogen-bond donors (Lipinski definition) is 5. The lowest BCUT2D eigenvalue weighted by atomic mass is 9.87. The third-order valence-electron chi connectivity index (χ3n) is 6.67. The van der Waals surface area contributed by atoms with Gasteiger partial charge >= 0.3 is 6.16 Å². The van der Waals surface area contributed by atoms with E-state index in [0.717, 1.165) is 0 Å². The van der Waals surface area contributed by atoms with Gasteiger partial charge in [0.15, 0.2) is 0 Å². The van der Waals surface area contributed by atoms with Gasteiger partial charge in [0.25, 0.3) is 5.91 Å². The van der Waals surface area contributed by atoms with Gasteiger partial charge in [0.05, 0.1) is 35.5 Å². The molecule has 0 aliphatic carbocycles. The molecule has 0 saturated carbocycles. The van der Waals surface area contributed by atoms with Gasteiger partial charge in [0.2, 0.25) is 5.91 Å². The number of aromatic nitrogens is 2. The number of nitrogens with one attached hydrogen (secondary N) is 1. The summed E-state index contributed by atoms with van der Waals surface area (Å²) < 4.78 is 24.6. The van der Waals surface area contributed by atoms with Crippen molar-refractivity contribution >= 4 is 29.0 Å². The smallest absolute Gasteiger partial charge is 0.431 e. The lowest BCUT2D eigenvalue weighted by molar-refractivity contribution is -0.123. The van der Waals surface area contributed by atoms with E-state index in [0.29, 0.717) is 16.6 Å². The van der Waals surface area contributed by atoms with Crippen molar-refractivity contribution in [3.8, 4) is 0 Å². The lowest BCUT2D eigenvalue weighted by Crippen LogP contribution is -2.48. The Morgan fingerprint density at radius 2 is 1.84 bits per heavy atom. The Hall–Kier alpha value is -4.20. The van der Waals surface area contributed by atoms with Crippen LogP contribution in [0.4, 0.5) is 9.18 Å². The van der Waals surface area contributed by atoms with Crippen molar-refractivity contribution in [2.75, 3.05) is 13.2 Å². The molecule has 2 amide bonds. The molecule has 0 bridgehead atoms. The molecule has 2 aromatic carbocycles. The molecule has 13 heteroatoms. The van der Waals surface area contributed by atoms with E-state index in [1.165, 1.54) is 24.4 Å². The second-order valence-electron chi connectivity index (χ2n) is 10.9. The van der Waals surface area contributed by atoms with Crippen molar-refractivity contribution in [1.29, 1.82) is 0 Å². The predicted octanol–water partition coefficient (Wildman–Crippen LogP) is 2.03. The van der Waals surface area contributed by atoms with Gasteiger partial charge in [-0.1, -0.05) is 24.3 Å². The van der Waals surface area contributed by atoms with Crippen LogP contribution in [0.25, 0.3) is 11.0 Å². The monoisotopic (exact) mass is 600 g/mol. The molecule has 0 radical (unpaired) electrons. The molecule has 3 rings (SSSR count). The summed E-state index contributed by atoms with van der Waals surface area (Å²) in [7, 11) is 0. The van der Waals surface area contributed by atoms with Crippen LogP contribution in [-0.2, 0) is 20.7 Å². The predicted molar refractivity (Wildman–Crippen MR) is 153 cm³/mol. The summed E-state index contributed by atoms with van der Waals surface area (Å²) in [6.07, 6.45) is -2.48. The van der Waals surface area contributed by atoms with E-state index in [9.17, 15) is 29.0 Å². The Morgan fingerprint density at radius 1 is 1.12 bits per heavy atom. The van der Waals surface area contributed by atoms with Crippen LogP contribution >= 0.6 is 0 Å². The molecule has 232 valence electrons. The van der Waals surface area contributed by atoms with Crippen molar-refractivity contribution in [2.24, 2.45) is 11.7 Å². The third-order valence-corrected chi connectivity index (χ3v) is 6.67. The van der Waals surface area contributed by atoms with Crippen LogP contribution in [-0.4, -0.2) is 80.3 Å². The van der Waals surface area contributed by atoms with Crippen molar-refractivity contribution in [1.82, 2.24) is 15.3 Å². The first kappa shape index (κ1) is 33.3. The molecule has 4 unspecified atom stereocenters. The zero-order valence-corrected chi connectivity index (χ0v) is 24.0. The number of rotatable bonds is 15. The molecule has 0 aliphatic rings. The van der Waals surface area contributed by atoms with E-state index >= 15 is 0 Å². The Morgan fingerprint density at radius 3 is 2.49 bits per heavy atom. The number of carbonyl (C=O) groups excluding carboxylic acids is 3. The van der Waals surface area contributed by atoms with Crippen LogP contribution < -0.4 is 11.1 Å². The van der Waals surface area contributed by atoms with E-state index in [2.05, 4.69) is 15.3 Å². The van der Waals surface area contributed by atoms with Gasteiger partial charge in [0.1, 0.15) is 30.3 Å². The van der Waals surface area contributed by atoms with E-state index in [-0.39, 0.29) is 31.4 Å². The number of fused-ring (bicyclic) bond motifs is 1. The Labute approximate surface area is 248 Å². The largest absolute Gasteiger partial charge is 0.508 e. The van der Waals surface area contributed by atoms with Gasteiger partial charge in [-0.05, 0) is 69.4 Å². The second kappa shape index (κ2) is 15.3. The number of aliphatic hydroxyl groups is 3. The zero-order chi connectivity index (χ0) is 31.6. The van der Waals surface area contributed by atoms with Crippen molar-refractivity contribution in [3.63, 3.8) is 0 Å². The molecule has 0 aliphatic heterocycles. The number of amides is 2. The highest BCUT2D eigenvalue weighted by molar-refractivity contribution is 5.94.